The van der Waals surface area contributed by atoms with E-state index in [1.54, 1.807) is 0 Å². The average molecular weight is 262 g/mol. The standard InChI is InChI=1S/2C9H9N/c2*1-7-6-10-9-5-3-2-4-8(7)9/h2*2-6,10H,1H3. The zero-order chi connectivity index (χ0) is 13.9. The molecule has 2 nitrogen and oxygen atoms in total. The Kier molecular flexibility index (Phi) is 3.30. The molecule has 0 saturated carbocycles. The largest absolute Gasteiger partial charge is 0.361 e. The molecule has 0 amide bonds. The van der Waals surface area contributed by atoms with Crippen LogP contribution in [0.15, 0.2) is 60.9 Å². The van der Waals surface area contributed by atoms with E-state index in [0.29, 0.717) is 0 Å². The monoisotopic (exact) mass is 262 g/mol. The number of fused-ring (bicyclic) bond motifs is 2. The van der Waals surface area contributed by atoms with Crippen LogP contribution in [0.2, 0.25) is 0 Å². The van der Waals surface area contributed by atoms with Crippen LogP contribution in [0.4, 0.5) is 0 Å². The Balaban J connectivity index is 0.000000121. The molecule has 100 valence electrons. The lowest BCUT2D eigenvalue weighted by Crippen LogP contribution is -1.64. The maximum atomic E-state index is 3.19. The van der Waals surface area contributed by atoms with Crippen molar-refractivity contribution < 1.29 is 0 Å². The van der Waals surface area contributed by atoms with Gasteiger partial charge in [0, 0.05) is 34.2 Å². The Morgan fingerprint density at radius 3 is 1.40 bits per heavy atom. The molecule has 0 radical (unpaired) electrons. The summed E-state index contributed by atoms with van der Waals surface area (Å²) >= 11 is 0. The Hall–Kier alpha value is -2.48. The topological polar surface area (TPSA) is 31.6 Å². The first-order chi connectivity index (χ1) is 9.75. The molecule has 2 aromatic heterocycles. The molecule has 2 aromatic carbocycles. The summed E-state index contributed by atoms with van der Waals surface area (Å²) in [5.41, 5.74) is 5.08. The molecule has 0 aliphatic heterocycles. The van der Waals surface area contributed by atoms with Gasteiger partial charge in [0.15, 0.2) is 0 Å². The Morgan fingerprint density at radius 2 is 1.00 bits per heavy atom. The van der Waals surface area contributed by atoms with Crippen molar-refractivity contribution in [1.29, 1.82) is 0 Å². The van der Waals surface area contributed by atoms with Crippen LogP contribution in [-0.2, 0) is 0 Å². The summed E-state index contributed by atoms with van der Waals surface area (Å²) in [6, 6.07) is 16.6. The third kappa shape index (κ3) is 2.32. The molecule has 2 heterocycles. The number of benzene rings is 2. The lowest BCUT2D eigenvalue weighted by atomic mass is 10.2. The number of hydrogen-bond acceptors (Lipinski definition) is 0. The second-order valence-electron chi connectivity index (χ2n) is 5.03. The van der Waals surface area contributed by atoms with Crippen LogP contribution in [0.1, 0.15) is 11.1 Å². The molecule has 0 saturated heterocycles. The molecule has 4 aromatic rings. The fourth-order valence-corrected chi connectivity index (χ4v) is 2.43. The van der Waals surface area contributed by atoms with Gasteiger partial charge in [0.25, 0.3) is 0 Å². The number of aromatic amines is 2. The van der Waals surface area contributed by atoms with Crippen LogP contribution in [-0.4, -0.2) is 9.97 Å². The molecule has 0 aliphatic rings. The van der Waals surface area contributed by atoms with Crippen molar-refractivity contribution in [2.24, 2.45) is 0 Å². The zero-order valence-electron chi connectivity index (χ0n) is 11.8. The molecule has 2 N–H and O–H groups in total. The van der Waals surface area contributed by atoms with Crippen molar-refractivity contribution in [3.8, 4) is 0 Å². The van der Waals surface area contributed by atoms with Gasteiger partial charge in [0.05, 0.1) is 0 Å². The summed E-state index contributed by atoms with van der Waals surface area (Å²) in [6.45, 7) is 4.22. The number of para-hydroxylation sites is 2. The first-order valence-electron chi connectivity index (χ1n) is 6.81. The number of aromatic nitrogens is 2. The van der Waals surface area contributed by atoms with Gasteiger partial charge in [-0.05, 0) is 37.1 Å². The van der Waals surface area contributed by atoms with Crippen molar-refractivity contribution >= 4 is 21.8 Å². The summed E-state index contributed by atoms with van der Waals surface area (Å²) < 4.78 is 0. The molecule has 0 bridgehead atoms. The van der Waals surface area contributed by atoms with Gasteiger partial charge in [-0.3, -0.25) is 0 Å². The highest BCUT2D eigenvalue weighted by atomic mass is 14.7. The normalized spacial score (nSPS) is 10.5. The van der Waals surface area contributed by atoms with Crippen LogP contribution in [0.25, 0.3) is 21.8 Å². The molecule has 0 spiro atoms. The molecular formula is C18H18N2. The maximum Gasteiger partial charge on any atom is 0.0456 e. The molecule has 0 unspecified atom stereocenters. The van der Waals surface area contributed by atoms with Crippen LogP contribution in [0.3, 0.4) is 0 Å². The maximum absolute atomic E-state index is 3.19. The molecule has 20 heavy (non-hydrogen) atoms. The summed E-state index contributed by atoms with van der Waals surface area (Å²) in [4.78, 5) is 6.38. The molecule has 2 heteroatoms. The summed E-state index contributed by atoms with van der Waals surface area (Å²) in [6.07, 6.45) is 4.06. The number of aryl methyl sites for hydroxylation is 2. The minimum atomic E-state index is 1.22. The first-order valence-corrected chi connectivity index (χ1v) is 6.81. The van der Waals surface area contributed by atoms with E-state index in [0.717, 1.165) is 0 Å². The van der Waals surface area contributed by atoms with Crippen LogP contribution >= 0.6 is 0 Å². The second kappa shape index (κ2) is 5.25. The number of rotatable bonds is 0. The third-order valence-corrected chi connectivity index (χ3v) is 3.59. The Morgan fingerprint density at radius 1 is 0.600 bits per heavy atom. The molecular weight excluding hydrogens is 244 g/mol. The van der Waals surface area contributed by atoms with Crippen LogP contribution in [0, 0.1) is 13.8 Å². The molecule has 0 atom stereocenters. The number of nitrogens with one attached hydrogen (secondary N) is 2. The average Bonchev–Trinajstić information content (AvgIpc) is 3.05. The summed E-state index contributed by atoms with van der Waals surface area (Å²) in [5.74, 6) is 0. The highest BCUT2D eigenvalue weighted by molar-refractivity contribution is 5.83. The van der Waals surface area contributed by atoms with Gasteiger partial charge < -0.3 is 9.97 Å². The van der Waals surface area contributed by atoms with E-state index < -0.39 is 0 Å². The van der Waals surface area contributed by atoms with Gasteiger partial charge in [0.2, 0.25) is 0 Å². The fourth-order valence-electron chi connectivity index (χ4n) is 2.43. The first kappa shape index (κ1) is 12.5. The molecule has 0 fully saturated rings. The minimum Gasteiger partial charge on any atom is -0.361 e. The molecule has 4 rings (SSSR count). The van der Waals surface area contributed by atoms with E-state index in [4.69, 9.17) is 0 Å². The van der Waals surface area contributed by atoms with E-state index in [1.165, 1.54) is 32.9 Å². The predicted molar refractivity (Wildman–Crippen MR) is 86.1 cm³/mol. The van der Waals surface area contributed by atoms with Crippen molar-refractivity contribution in [1.82, 2.24) is 9.97 Å². The van der Waals surface area contributed by atoms with Gasteiger partial charge in [-0.25, -0.2) is 0 Å². The summed E-state index contributed by atoms with van der Waals surface area (Å²) in [5, 5.41) is 2.64. The van der Waals surface area contributed by atoms with E-state index >= 15 is 0 Å². The van der Waals surface area contributed by atoms with E-state index in [1.807, 2.05) is 24.5 Å². The quantitative estimate of drug-likeness (QED) is 0.449. The smallest absolute Gasteiger partial charge is 0.0456 e. The number of H-pyrrole nitrogens is 2. The van der Waals surface area contributed by atoms with Crippen molar-refractivity contribution in [3.63, 3.8) is 0 Å². The summed E-state index contributed by atoms with van der Waals surface area (Å²) in [7, 11) is 0. The van der Waals surface area contributed by atoms with E-state index in [-0.39, 0.29) is 0 Å². The fraction of sp³-hybridized carbons (Fsp3) is 0.111. The Bertz CT molecular complexity index is 765. The van der Waals surface area contributed by atoms with Gasteiger partial charge in [-0.2, -0.15) is 0 Å². The third-order valence-electron chi connectivity index (χ3n) is 3.59. The van der Waals surface area contributed by atoms with Crippen molar-refractivity contribution in [2.75, 3.05) is 0 Å². The van der Waals surface area contributed by atoms with Crippen molar-refractivity contribution in [3.05, 3.63) is 72.1 Å². The van der Waals surface area contributed by atoms with Gasteiger partial charge in [-0.15, -0.1) is 0 Å². The van der Waals surface area contributed by atoms with Gasteiger partial charge >= 0.3 is 0 Å². The SMILES string of the molecule is Cc1c[nH]c2ccccc12.Cc1c[nH]c2ccccc12. The Labute approximate surface area is 118 Å². The highest BCUT2D eigenvalue weighted by Gasteiger charge is 1.95. The highest BCUT2D eigenvalue weighted by Crippen LogP contribution is 2.16. The van der Waals surface area contributed by atoms with Crippen LogP contribution < -0.4 is 0 Å². The van der Waals surface area contributed by atoms with Crippen LogP contribution in [0.5, 0.6) is 0 Å². The number of hydrogen-bond donors (Lipinski definition) is 2. The lowest BCUT2D eigenvalue weighted by molar-refractivity contribution is 1.43. The van der Waals surface area contributed by atoms with E-state index in [2.05, 4.69) is 60.2 Å². The molecule has 0 aliphatic carbocycles. The van der Waals surface area contributed by atoms with Gasteiger partial charge in [0.1, 0.15) is 0 Å². The predicted octanol–water partition coefficient (Wildman–Crippen LogP) is 4.95. The minimum absolute atomic E-state index is 1.22. The second-order valence-corrected chi connectivity index (χ2v) is 5.03. The van der Waals surface area contributed by atoms with Crippen molar-refractivity contribution in [2.45, 2.75) is 13.8 Å². The lowest BCUT2D eigenvalue weighted by Gasteiger charge is -1.86. The van der Waals surface area contributed by atoms with Gasteiger partial charge in [-0.1, -0.05) is 36.4 Å². The zero-order valence-corrected chi connectivity index (χ0v) is 11.8. The van der Waals surface area contributed by atoms with E-state index in [9.17, 15) is 0 Å².